The third-order valence-corrected chi connectivity index (χ3v) is 3.95. The van der Waals surface area contributed by atoms with Crippen molar-refractivity contribution in [2.24, 2.45) is 0 Å². The number of esters is 1. The fraction of sp³-hybridized carbons (Fsp3) is 0.133. The summed E-state index contributed by atoms with van der Waals surface area (Å²) in [5.41, 5.74) is -0.107. The van der Waals surface area contributed by atoms with Crippen LogP contribution in [0.15, 0.2) is 46.2 Å². The van der Waals surface area contributed by atoms with Gasteiger partial charge in [0.25, 0.3) is 17.5 Å². The number of nitro groups is 1. The summed E-state index contributed by atoms with van der Waals surface area (Å²) in [7, 11) is 0. The van der Waals surface area contributed by atoms with E-state index in [1.807, 2.05) is 17.5 Å². The molecule has 0 unspecified atom stereocenters. The van der Waals surface area contributed by atoms with Gasteiger partial charge in [0.15, 0.2) is 6.10 Å². The zero-order chi connectivity index (χ0) is 17.1. The number of carbonyl (C=O) groups is 1. The van der Waals surface area contributed by atoms with E-state index < -0.39 is 17.0 Å². The van der Waals surface area contributed by atoms with Crippen molar-refractivity contribution in [1.29, 1.82) is 0 Å². The van der Waals surface area contributed by atoms with Crippen LogP contribution in [-0.4, -0.2) is 21.1 Å². The van der Waals surface area contributed by atoms with E-state index in [1.54, 1.807) is 6.92 Å². The Morgan fingerprint density at radius 2 is 2.17 bits per heavy atom. The minimum atomic E-state index is -0.780. The van der Waals surface area contributed by atoms with E-state index in [4.69, 9.17) is 9.15 Å². The molecule has 1 aromatic carbocycles. The lowest BCUT2D eigenvalue weighted by Gasteiger charge is -2.09. The van der Waals surface area contributed by atoms with E-state index in [2.05, 4.69) is 10.2 Å². The van der Waals surface area contributed by atoms with Crippen molar-refractivity contribution in [2.75, 3.05) is 0 Å². The minimum Gasteiger partial charge on any atom is -0.449 e. The molecule has 0 aliphatic heterocycles. The van der Waals surface area contributed by atoms with E-state index >= 15 is 0 Å². The van der Waals surface area contributed by atoms with Crippen molar-refractivity contribution >= 4 is 23.0 Å². The van der Waals surface area contributed by atoms with Crippen LogP contribution in [0, 0.1) is 10.1 Å². The summed E-state index contributed by atoms with van der Waals surface area (Å²) in [5, 5.41) is 20.4. The highest BCUT2D eigenvalue weighted by molar-refractivity contribution is 7.13. The first-order valence-electron chi connectivity index (χ1n) is 6.87. The standard InChI is InChI=1S/C15H11N3O5S/c1-9(13-16-17-14(23-13)12-6-3-7-24-12)22-15(19)10-4-2-5-11(8-10)18(20)21/h2-9H,1H3/t9-/m1/s1. The van der Waals surface area contributed by atoms with Gasteiger partial charge in [-0.1, -0.05) is 12.1 Å². The Kier molecular flexibility index (Phi) is 4.34. The van der Waals surface area contributed by atoms with Crippen LogP contribution in [0.3, 0.4) is 0 Å². The maximum Gasteiger partial charge on any atom is 0.339 e. The highest BCUT2D eigenvalue weighted by Crippen LogP contribution is 2.26. The Morgan fingerprint density at radius 1 is 1.33 bits per heavy atom. The number of benzene rings is 1. The van der Waals surface area contributed by atoms with Crippen molar-refractivity contribution in [2.45, 2.75) is 13.0 Å². The molecule has 0 aliphatic rings. The lowest BCUT2D eigenvalue weighted by atomic mass is 10.2. The predicted molar refractivity (Wildman–Crippen MR) is 84.5 cm³/mol. The molecular weight excluding hydrogens is 334 g/mol. The number of rotatable bonds is 5. The average Bonchev–Trinajstić information content (AvgIpc) is 3.26. The fourth-order valence-electron chi connectivity index (χ4n) is 1.92. The second kappa shape index (κ2) is 6.59. The first kappa shape index (κ1) is 15.8. The molecule has 1 atom stereocenters. The largest absolute Gasteiger partial charge is 0.449 e. The van der Waals surface area contributed by atoms with E-state index in [-0.39, 0.29) is 17.1 Å². The third-order valence-electron chi connectivity index (χ3n) is 3.10. The second-order valence-electron chi connectivity index (χ2n) is 4.78. The number of hydrogen-bond acceptors (Lipinski definition) is 8. The zero-order valence-corrected chi connectivity index (χ0v) is 13.2. The topological polar surface area (TPSA) is 108 Å². The van der Waals surface area contributed by atoms with Crippen molar-refractivity contribution in [3.63, 3.8) is 0 Å². The highest BCUT2D eigenvalue weighted by Gasteiger charge is 2.21. The van der Waals surface area contributed by atoms with Gasteiger partial charge in [0, 0.05) is 12.1 Å². The molecule has 0 fully saturated rings. The van der Waals surface area contributed by atoms with Gasteiger partial charge in [-0.25, -0.2) is 4.79 Å². The van der Waals surface area contributed by atoms with Gasteiger partial charge in [-0.2, -0.15) is 0 Å². The van der Waals surface area contributed by atoms with Gasteiger partial charge in [0.05, 0.1) is 15.4 Å². The molecule has 122 valence electrons. The number of nitro benzene ring substituents is 1. The van der Waals surface area contributed by atoms with Crippen LogP contribution in [0.5, 0.6) is 0 Å². The second-order valence-corrected chi connectivity index (χ2v) is 5.73. The van der Waals surface area contributed by atoms with Crippen LogP contribution >= 0.6 is 11.3 Å². The van der Waals surface area contributed by atoms with Crippen LogP contribution in [0.1, 0.15) is 29.3 Å². The summed E-state index contributed by atoms with van der Waals surface area (Å²) < 4.78 is 10.7. The quantitative estimate of drug-likeness (QED) is 0.394. The highest BCUT2D eigenvalue weighted by atomic mass is 32.1. The summed E-state index contributed by atoms with van der Waals surface area (Å²) in [4.78, 5) is 23.1. The molecule has 0 N–H and O–H groups in total. The number of nitrogens with zero attached hydrogens (tertiary/aromatic N) is 3. The Bertz CT molecular complexity index is 875. The Morgan fingerprint density at radius 3 is 2.88 bits per heavy atom. The normalized spacial score (nSPS) is 11.9. The third kappa shape index (κ3) is 3.30. The summed E-state index contributed by atoms with van der Waals surface area (Å²) in [5.74, 6) is -0.211. The van der Waals surface area contributed by atoms with Crippen molar-refractivity contribution < 1.29 is 18.9 Å². The summed E-state index contributed by atoms with van der Waals surface area (Å²) in [6, 6.07) is 9.00. The molecule has 0 radical (unpaired) electrons. The minimum absolute atomic E-state index is 0.0778. The molecular formula is C15H11N3O5S. The van der Waals surface area contributed by atoms with Gasteiger partial charge in [-0.3, -0.25) is 10.1 Å². The molecule has 8 nitrogen and oxygen atoms in total. The SMILES string of the molecule is C[C@@H](OC(=O)c1cccc([N+](=O)[O-])c1)c1nnc(-c2cccs2)o1. The first-order valence-corrected chi connectivity index (χ1v) is 7.75. The maximum atomic E-state index is 12.1. The molecule has 0 spiro atoms. The predicted octanol–water partition coefficient (Wildman–Crippen LogP) is 3.62. The number of carbonyl (C=O) groups excluding carboxylic acids is 1. The Balaban J connectivity index is 1.72. The van der Waals surface area contributed by atoms with Gasteiger partial charge in [0.2, 0.25) is 0 Å². The molecule has 0 saturated heterocycles. The molecule has 0 amide bonds. The molecule has 3 aromatic rings. The van der Waals surface area contributed by atoms with Crippen molar-refractivity contribution in [3.8, 4) is 10.8 Å². The van der Waals surface area contributed by atoms with Crippen LogP contribution in [0.2, 0.25) is 0 Å². The van der Waals surface area contributed by atoms with E-state index in [0.29, 0.717) is 5.89 Å². The molecule has 0 aliphatic carbocycles. The van der Waals surface area contributed by atoms with Gasteiger partial charge >= 0.3 is 5.97 Å². The maximum absolute atomic E-state index is 12.1. The van der Waals surface area contributed by atoms with Gasteiger partial charge in [-0.15, -0.1) is 21.5 Å². The first-order chi connectivity index (χ1) is 11.5. The van der Waals surface area contributed by atoms with Crippen LogP contribution in [0.4, 0.5) is 5.69 Å². The average molecular weight is 345 g/mol. The lowest BCUT2D eigenvalue weighted by Crippen LogP contribution is -2.09. The molecule has 0 saturated carbocycles. The van der Waals surface area contributed by atoms with Crippen LogP contribution < -0.4 is 0 Å². The molecule has 0 bridgehead atoms. The number of thiophene rings is 1. The van der Waals surface area contributed by atoms with E-state index in [1.165, 1.54) is 29.5 Å². The Labute approximate surface area is 139 Å². The summed E-state index contributed by atoms with van der Waals surface area (Å²) >= 11 is 1.45. The van der Waals surface area contributed by atoms with E-state index in [0.717, 1.165) is 10.9 Å². The monoisotopic (exact) mass is 345 g/mol. The smallest absolute Gasteiger partial charge is 0.339 e. The lowest BCUT2D eigenvalue weighted by molar-refractivity contribution is -0.384. The summed E-state index contributed by atoms with van der Waals surface area (Å²) in [6.07, 6.45) is -0.780. The van der Waals surface area contributed by atoms with Gasteiger partial charge in [0.1, 0.15) is 0 Å². The number of hydrogen-bond donors (Lipinski definition) is 0. The van der Waals surface area contributed by atoms with Crippen LogP contribution in [-0.2, 0) is 4.74 Å². The van der Waals surface area contributed by atoms with Crippen molar-refractivity contribution in [3.05, 3.63) is 63.3 Å². The zero-order valence-electron chi connectivity index (χ0n) is 12.4. The van der Waals surface area contributed by atoms with Gasteiger partial charge in [-0.05, 0) is 24.4 Å². The number of non-ortho nitro benzene ring substituents is 1. The van der Waals surface area contributed by atoms with Crippen LogP contribution in [0.25, 0.3) is 10.8 Å². The number of ether oxygens (including phenoxy) is 1. The molecule has 9 heteroatoms. The van der Waals surface area contributed by atoms with E-state index in [9.17, 15) is 14.9 Å². The molecule has 2 heterocycles. The Hall–Kier alpha value is -3.07. The molecule has 24 heavy (non-hydrogen) atoms. The molecule has 3 rings (SSSR count). The molecule has 2 aromatic heterocycles. The fourth-order valence-corrected chi connectivity index (χ4v) is 2.57. The number of aromatic nitrogens is 2. The summed E-state index contributed by atoms with van der Waals surface area (Å²) in [6.45, 7) is 1.58. The van der Waals surface area contributed by atoms with Crippen molar-refractivity contribution in [1.82, 2.24) is 10.2 Å². The van der Waals surface area contributed by atoms with Gasteiger partial charge < -0.3 is 9.15 Å².